The van der Waals surface area contributed by atoms with Crippen molar-refractivity contribution in [1.29, 1.82) is 0 Å². The SMILES string of the molecule is COC(=O)C1(NCCN(C)C)CC(C)CCC1C(C)C. The van der Waals surface area contributed by atoms with Gasteiger partial charge in [-0.25, -0.2) is 0 Å². The molecule has 0 aromatic heterocycles. The molecule has 4 heteroatoms. The number of rotatable bonds is 6. The van der Waals surface area contributed by atoms with Gasteiger partial charge in [-0.3, -0.25) is 4.79 Å². The van der Waals surface area contributed by atoms with E-state index in [1.807, 2.05) is 0 Å². The Bertz CT molecular complexity index is 318. The number of esters is 1. The highest BCUT2D eigenvalue weighted by Gasteiger charge is 2.50. The smallest absolute Gasteiger partial charge is 0.326 e. The number of carbonyl (C=O) groups is 1. The monoisotopic (exact) mass is 284 g/mol. The lowest BCUT2D eigenvalue weighted by Gasteiger charge is -2.46. The van der Waals surface area contributed by atoms with Gasteiger partial charge >= 0.3 is 5.97 Å². The van der Waals surface area contributed by atoms with Crippen LogP contribution >= 0.6 is 0 Å². The van der Waals surface area contributed by atoms with Crippen molar-refractivity contribution in [2.75, 3.05) is 34.3 Å². The van der Waals surface area contributed by atoms with Crippen molar-refractivity contribution in [3.8, 4) is 0 Å². The summed E-state index contributed by atoms with van der Waals surface area (Å²) in [4.78, 5) is 14.7. The van der Waals surface area contributed by atoms with Crippen LogP contribution < -0.4 is 5.32 Å². The van der Waals surface area contributed by atoms with Crippen LogP contribution in [0, 0.1) is 17.8 Å². The van der Waals surface area contributed by atoms with Crippen molar-refractivity contribution in [2.24, 2.45) is 17.8 Å². The van der Waals surface area contributed by atoms with Gasteiger partial charge in [0.25, 0.3) is 0 Å². The van der Waals surface area contributed by atoms with Crippen LogP contribution in [0.3, 0.4) is 0 Å². The maximum Gasteiger partial charge on any atom is 0.326 e. The van der Waals surface area contributed by atoms with E-state index >= 15 is 0 Å². The summed E-state index contributed by atoms with van der Waals surface area (Å²) < 4.78 is 5.16. The Kier molecular flexibility index (Phi) is 6.46. The topological polar surface area (TPSA) is 41.6 Å². The Labute approximate surface area is 124 Å². The number of nitrogens with zero attached hydrogens (tertiary/aromatic N) is 1. The van der Waals surface area contributed by atoms with Crippen LogP contribution in [0.1, 0.15) is 40.0 Å². The fraction of sp³-hybridized carbons (Fsp3) is 0.938. The predicted molar refractivity (Wildman–Crippen MR) is 82.6 cm³/mol. The zero-order valence-corrected chi connectivity index (χ0v) is 14.0. The molecule has 1 fully saturated rings. The van der Waals surface area contributed by atoms with Crippen LogP contribution in [-0.2, 0) is 9.53 Å². The zero-order valence-electron chi connectivity index (χ0n) is 14.0. The number of carbonyl (C=O) groups excluding carboxylic acids is 1. The third-order valence-corrected chi connectivity index (χ3v) is 4.63. The van der Waals surface area contributed by atoms with Crippen LogP contribution in [0.25, 0.3) is 0 Å². The van der Waals surface area contributed by atoms with Gasteiger partial charge < -0.3 is 15.0 Å². The van der Waals surface area contributed by atoms with E-state index in [0.717, 1.165) is 25.9 Å². The van der Waals surface area contributed by atoms with Crippen LogP contribution in [-0.4, -0.2) is 50.7 Å². The molecular formula is C16H32N2O2. The Hall–Kier alpha value is -0.610. The van der Waals surface area contributed by atoms with Gasteiger partial charge in [0, 0.05) is 13.1 Å². The van der Waals surface area contributed by atoms with Gasteiger partial charge in [-0.1, -0.05) is 27.2 Å². The Morgan fingerprint density at radius 2 is 2.05 bits per heavy atom. The lowest BCUT2D eigenvalue weighted by Crippen LogP contribution is -2.62. The molecule has 1 rings (SSSR count). The standard InChI is InChI=1S/C16H32N2O2/c1-12(2)14-8-7-13(3)11-16(14,15(19)20-6)17-9-10-18(4)5/h12-14,17H,7-11H2,1-6H3. The molecule has 0 spiro atoms. The first-order valence-corrected chi connectivity index (χ1v) is 7.81. The van der Waals surface area contributed by atoms with Crippen LogP contribution in [0.4, 0.5) is 0 Å². The van der Waals surface area contributed by atoms with Crippen LogP contribution in [0.2, 0.25) is 0 Å². The Balaban J connectivity index is 2.94. The molecular weight excluding hydrogens is 252 g/mol. The molecule has 0 aromatic rings. The molecule has 0 amide bonds. The van der Waals surface area contributed by atoms with Crippen molar-refractivity contribution in [3.63, 3.8) is 0 Å². The Morgan fingerprint density at radius 1 is 1.40 bits per heavy atom. The minimum Gasteiger partial charge on any atom is -0.468 e. The van der Waals surface area contributed by atoms with Gasteiger partial charge in [0.1, 0.15) is 5.54 Å². The van der Waals surface area contributed by atoms with E-state index in [2.05, 4.69) is 45.1 Å². The number of hydrogen-bond donors (Lipinski definition) is 1. The second kappa shape index (κ2) is 7.41. The first kappa shape index (κ1) is 17.4. The molecule has 1 saturated carbocycles. The highest BCUT2D eigenvalue weighted by atomic mass is 16.5. The lowest BCUT2D eigenvalue weighted by molar-refractivity contribution is -0.155. The highest BCUT2D eigenvalue weighted by Crippen LogP contribution is 2.41. The molecule has 0 saturated heterocycles. The molecule has 4 nitrogen and oxygen atoms in total. The van der Waals surface area contributed by atoms with Gasteiger partial charge in [-0.15, -0.1) is 0 Å². The first-order chi connectivity index (χ1) is 9.33. The molecule has 0 bridgehead atoms. The summed E-state index contributed by atoms with van der Waals surface area (Å²) in [5.41, 5.74) is -0.503. The fourth-order valence-corrected chi connectivity index (χ4v) is 3.61. The molecule has 1 aliphatic carbocycles. The predicted octanol–water partition coefficient (Wildman–Crippen LogP) is 2.14. The van der Waals surface area contributed by atoms with E-state index in [4.69, 9.17) is 4.74 Å². The zero-order chi connectivity index (χ0) is 15.3. The van der Waals surface area contributed by atoms with Crippen molar-refractivity contribution < 1.29 is 9.53 Å². The second-order valence-electron chi connectivity index (χ2n) is 6.93. The fourth-order valence-electron chi connectivity index (χ4n) is 3.61. The summed E-state index contributed by atoms with van der Waals surface area (Å²) in [6.07, 6.45) is 3.19. The largest absolute Gasteiger partial charge is 0.468 e. The molecule has 20 heavy (non-hydrogen) atoms. The average molecular weight is 284 g/mol. The number of ether oxygens (including phenoxy) is 1. The van der Waals surface area contributed by atoms with Crippen molar-refractivity contribution >= 4 is 5.97 Å². The number of hydrogen-bond acceptors (Lipinski definition) is 4. The summed E-state index contributed by atoms with van der Waals surface area (Å²) in [6.45, 7) is 8.41. The van der Waals surface area contributed by atoms with Gasteiger partial charge in [0.15, 0.2) is 0 Å². The van der Waals surface area contributed by atoms with Gasteiger partial charge in [-0.2, -0.15) is 0 Å². The van der Waals surface area contributed by atoms with E-state index in [1.54, 1.807) is 0 Å². The van der Waals surface area contributed by atoms with Crippen molar-refractivity contribution in [1.82, 2.24) is 10.2 Å². The molecule has 1 N–H and O–H groups in total. The maximum absolute atomic E-state index is 12.5. The quantitative estimate of drug-likeness (QED) is 0.759. The third kappa shape index (κ3) is 3.95. The van der Waals surface area contributed by atoms with E-state index < -0.39 is 5.54 Å². The van der Waals surface area contributed by atoms with Gasteiger partial charge in [0.05, 0.1) is 7.11 Å². The van der Waals surface area contributed by atoms with E-state index in [0.29, 0.717) is 17.8 Å². The van der Waals surface area contributed by atoms with Gasteiger partial charge in [-0.05, 0) is 44.7 Å². The molecule has 3 atom stereocenters. The number of methoxy groups -OCH3 is 1. The van der Waals surface area contributed by atoms with E-state index in [9.17, 15) is 4.79 Å². The molecule has 3 unspecified atom stereocenters. The van der Waals surface area contributed by atoms with E-state index in [-0.39, 0.29) is 5.97 Å². The van der Waals surface area contributed by atoms with Crippen molar-refractivity contribution in [2.45, 2.75) is 45.6 Å². The normalized spacial score (nSPS) is 30.8. The summed E-state index contributed by atoms with van der Waals surface area (Å²) in [5.74, 6) is 1.32. The minimum absolute atomic E-state index is 0.0819. The second-order valence-corrected chi connectivity index (χ2v) is 6.93. The third-order valence-electron chi connectivity index (χ3n) is 4.63. The maximum atomic E-state index is 12.5. The Morgan fingerprint density at radius 3 is 2.55 bits per heavy atom. The summed E-state index contributed by atoms with van der Waals surface area (Å²) >= 11 is 0. The number of nitrogens with one attached hydrogen (secondary N) is 1. The summed E-state index contributed by atoms with van der Waals surface area (Å²) in [5, 5.41) is 3.56. The van der Waals surface area contributed by atoms with Crippen LogP contribution in [0.5, 0.6) is 0 Å². The molecule has 0 heterocycles. The minimum atomic E-state index is -0.503. The number of likely N-dealkylation sites (N-methyl/N-ethyl adjacent to an activating group) is 1. The van der Waals surface area contributed by atoms with Crippen LogP contribution in [0.15, 0.2) is 0 Å². The summed E-state index contributed by atoms with van der Waals surface area (Å²) in [6, 6.07) is 0. The molecule has 0 radical (unpaired) electrons. The van der Waals surface area contributed by atoms with Crippen molar-refractivity contribution in [3.05, 3.63) is 0 Å². The molecule has 118 valence electrons. The molecule has 0 aliphatic heterocycles. The average Bonchev–Trinajstić information content (AvgIpc) is 2.36. The lowest BCUT2D eigenvalue weighted by atomic mass is 9.65. The highest BCUT2D eigenvalue weighted by molar-refractivity contribution is 5.81. The molecule has 1 aliphatic rings. The summed E-state index contributed by atoms with van der Waals surface area (Å²) in [7, 11) is 5.61. The molecule has 0 aromatic carbocycles. The first-order valence-electron chi connectivity index (χ1n) is 7.81. The van der Waals surface area contributed by atoms with Gasteiger partial charge in [0.2, 0.25) is 0 Å². The van der Waals surface area contributed by atoms with E-state index in [1.165, 1.54) is 13.5 Å².